The number of nitrogen functional groups attached to an aromatic ring is 1. The molecule has 0 fully saturated rings. The number of rotatable bonds is 2. The summed E-state index contributed by atoms with van der Waals surface area (Å²) in [7, 11) is 0. The Bertz CT molecular complexity index is 245. The highest BCUT2D eigenvalue weighted by atomic mass is 15.0. The number of anilines is 1. The van der Waals surface area contributed by atoms with E-state index in [1.54, 1.807) is 0 Å². The number of hydrogen-bond donors (Lipinski definition) is 2. The molecule has 0 aliphatic rings. The summed E-state index contributed by atoms with van der Waals surface area (Å²) in [6.07, 6.45) is 1.96. The third-order valence-electron chi connectivity index (χ3n) is 1.65. The minimum atomic E-state index is 0.662. The Balaban J connectivity index is 2.90. The molecule has 1 heterocycles. The summed E-state index contributed by atoms with van der Waals surface area (Å²) in [5.41, 5.74) is 12.9. The quantitative estimate of drug-likeness (QED) is 0.578. The fourth-order valence-electron chi connectivity index (χ4n) is 1.06. The van der Waals surface area contributed by atoms with Gasteiger partial charge in [0.15, 0.2) is 18.4 Å². The van der Waals surface area contributed by atoms with Crippen molar-refractivity contribution >= 4 is 5.69 Å². The number of nitrogens with zero attached hydrogens (tertiary/aromatic N) is 1. The van der Waals surface area contributed by atoms with Gasteiger partial charge in [-0.2, -0.15) is 0 Å². The van der Waals surface area contributed by atoms with Crippen LogP contribution in [0, 0.1) is 6.92 Å². The second kappa shape index (κ2) is 3.34. The molecule has 0 aromatic carbocycles. The number of hydrogen-bond acceptors (Lipinski definition) is 2. The van der Waals surface area contributed by atoms with E-state index >= 15 is 0 Å². The Morgan fingerprint density at radius 1 is 1.55 bits per heavy atom. The van der Waals surface area contributed by atoms with Crippen LogP contribution in [-0.2, 0) is 6.54 Å². The summed E-state index contributed by atoms with van der Waals surface area (Å²) >= 11 is 0. The van der Waals surface area contributed by atoms with E-state index in [2.05, 4.69) is 4.57 Å². The standard InChI is InChI=1S/C8H13N3/c1-7-6-8(10)2-4-11(7)5-3-9/h2,4,6,10H,3,5,9H2,1H3/p+1. The predicted molar refractivity (Wildman–Crippen MR) is 44.8 cm³/mol. The van der Waals surface area contributed by atoms with E-state index in [1.165, 1.54) is 0 Å². The van der Waals surface area contributed by atoms with Gasteiger partial charge in [-0.25, -0.2) is 4.57 Å². The van der Waals surface area contributed by atoms with Crippen LogP contribution in [0.4, 0.5) is 5.69 Å². The molecule has 0 amide bonds. The van der Waals surface area contributed by atoms with Crippen molar-refractivity contribution in [1.82, 2.24) is 0 Å². The van der Waals surface area contributed by atoms with Crippen LogP contribution in [0.1, 0.15) is 5.69 Å². The zero-order valence-electron chi connectivity index (χ0n) is 6.75. The van der Waals surface area contributed by atoms with Crippen LogP contribution in [0.2, 0.25) is 0 Å². The van der Waals surface area contributed by atoms with Crippen LogP contribution in [0.3, 0.4) is 0 Å². The van der Waals surface area contributed by atoms with Crippen molar-refractivity contribution in [2.75, 3.05) is 12.3 Å². The first-order valence-corrected chi connectivity index (χ1v) is 3.69. The third-order valence-corrected chi connectivity index (χ3v) is 1.65. The molecule has 0 atom stereocenters. The number of nitrogens with two attached hydrogens (primary N) is 2. The van der Waals surface area contributed by atoms with Gasteiger partial charge in [-0.05, 0) is 0 Å². The fourth-order valence-corrected chi connectivity index (χ4v) is 1.06. The maximum Gasteiger partial charge on any atom is 0.180 e. The lowest BCUT2D eigenvalue weighted by molar-refractivity contribution is -0.700. The Hall–Kier alpha value is -1.09. The first-order chi connectivity index (χ1) is 5.24. The lowest BCUT2D eigenvalue weighted by Crippen LogP contribution is -2.40. The van der Waals surface area contributed by atoms with Crippen LogP contribution in [-0.4, -0.2) is 6.54 Å². The van der Waals surface area contributed by atoms with Crippen molar-refractivity contribution in [3.8, 4) is 0 Å². The van der Waals surface area contributed by atoms with Gasteiger partial charge in [-0.15, -0.1) is 0 Å². The summed E-state index contributed by atoms with van der Waals surface area (Å²) in [5.74, 6) is 0. The number of aromatic nitrogens is 1. The van der Waals surface area contributed by atoms with Gasteiger partial charge in [0.25, 0.3) is 0 Å². The first kappa shape index (κ1) is 8.01. The molecule has 1 aromatic rings. The van der Waals surface area contributed by atoms with Crippen molar-refractivity contribution < 1.29 is 4.57 Å². The van der Waals surface area contributed by atoms with E-state index in [0.29, 0.717) is 6.54 Å². The van der Waals surface area contributed by atoms with Gasteiger partial charge in [-0.3, -0.25) is 0 Å². The van der Waals surface area contributed by atoms with Gasteiger partial charge in [0, 0.05) is 24.7 Å². The molecule has 0 saturated carbocycles. The minimum absolute atomic E-state index is 0.662. The highest BCUT2D eigenvalue weighted by molar-refractivity contribution is 5.34. The molecular formula is C8H14N3+. The zero-order valence-corrected chi connectivity index (χ0v) is 6.75. The molecule has 0 bridgehead atoms. The van der Waals surface area contributed by atoms with Crippen molar-refractivity contribution in [3.05, 3.63) is 24.0 Å². The van der Waals surface area contributed by atoms with E-state index < -0.39 is 0 Å². The normalized spacial score (nSPS) is 10.0. The molecule has 60 valence electrons. The van der Waals surface area contributed by atoms with Crippen LogP contribution in [0.5, 0.6) is 0 Å². The van der Waals surface area contributed by atoms with E-state index in [9.17, 15) is 0 Å². The van der Waals surface area contributed by atoms with E-state index in [1.807, 2.05) is 25.3 Å². The monoisotopic (exact) mass is 152 g/mol. The van der Waals surface area contributed by atoms with Crippen LogP contribution in [0.25, 0.3) is 0 Å². The topological polar surface area (TPSA) is 55.9 Å². The fraction of sp³-hybridized carbons (Fsp3) is 0.375. The molecule has 3 nitrogen and oxygen atoms in total. The molecule has 11 heavy (non-hydrogen) atoms. The van der Waals surface area contributed by atoms with E-state index in [0.717, 1.165) is 17.9 Å². The summed E-state index contributed by atoms with van der Waals surface area (Å²) in [6.45, 7) is 3.54. The molecule has 3 heteroatoms. The molecule has 1 aromatic heterocycles. The van der Waals surface area contributed by atoms with Crippen molar-refractivity contribution in [3.63, 3.8) is 0 Å². The number of pyridine rings is 1. The summed E-state index contributed by atoms with van der Waals surface area (Å²) in [4.78, 5) is 0. The van der Waals surface area contributed by atoms with Crippen LogP contribution < -0.4 is 16.0 Å². The van der Waals surface area contributed by atoms with Gasteiger partial charge < -0.3 is 11.5 Å². The first-order valence-electron chi connectivity index (χ1n) is 3.69. The molecule has 1 rings (SSSR count). The van der Waals surface area contributed by atoms with E-state index in [4.69, 9.17) is 11.5 Å². The molecule has 0 aliphatic carbocycles. The number of aryl methyl sites for hydroxylation is 1. The Labute approximate surface area is 66.6 Å². The molecule has 4 N–H and O–H groups in total. The largest absolute Gasteiger partial charge is 0.398 e. The van der Waals surface area contributed by atoms with Gasteiger partial charge in [0.05, 0.1) is 6.54 Å². The minimum Gasteiger partial charge on any atom is -0.398 e. The van der Waals surface area contributed by atoms with Gasteiger partial charge in [-0.1, -0.05) is 0 Å². The zero-order chi connectivity index (χ0) is 8.27. The maximum absolute atomic E-state index is 5.58. The van der Waals surface area contributed by atoms with E-state index in [-0.39, 0.29) is 0 Å². The van der Waals surface area contributed by atoms with Gasteiger partial charge >= 0.3 is 0 Å². The molecule has 0 spiro atoms. The predicted octanol–water partition coefficient (Wildman–Crippen LogP) is -0.177. The van der Waals surface area contributed by atoms with Gasteiger partial charge in [0.1, 0.15) is 0 Å². The summed E-state index contributed by atoms with van der Waals surface area (Å²) in [6, 6.07) is 3.82. The van der Waals surface area contributed by atoms with Crippen LogP contribution in [0.15, 0.2) is 18.3 Å². The third kappa shape index (κ3) is 1.91. The highest BCUT2D eigenvalue weighted by Gasteiger charge is 2.03. The SMILES string of the molecule is Cc1cc(N)cc[n+]1CCN. The summed E-state index contributed by atoms with van der Waals surface area (Å²) in [5, 5.41) is 0. The maximum atomic E-state index is 5.58. The van der Waals surface area contributed by atoms with Crippen LogP contribution >= 0.6 is 0 Å². The van der Waals surface area contributed by atoms with Gasteiger partial charge in [0.2, 0.25) is 0 Å². The Morgan fingerprint density at radius 2 is 2.27 bits per heavy atom. The average Bonchev–Trinajstić information content (AvgIpc) is 1.95. The van der Waals surface area contributed by atoms with Crippen molar-refractivity contribution in [2.24, 2.45) is 5.73 Å². The lowest BCUT2D eigenvalue weighted by Gasteiger charge is -1.98. The summed E-state index contributed by atoms with van der Waals surface area (Å²) < 4.78 is 2.08. The lowest BCUT2D eigenvalue weighted by atomic mass is 10.3. The second-order valence-corrected chi connectivity index (χ2v) is 2.58. The highest BCUT2D eigenvalue weighted by Crippen LogP contribution is 1.98. The Morgan fingerprint density at radius 3 is 2.82 bits per heavy atom. The van der Waals surface area contributed by atoms with Crippen molar-refractivity contribution in [1.29, 1.82) is 0 Å². The molecule has 0 unspecified atom stereocenters. The molecular weight excluding hydrogens is 138 g/mol. The smallest absolute Gasteiger partial charge is 0.180 e. The Kier molecular flexibility index (Phi) is 2.44. The van der Waals surface area contributed by atoms with Crippen molar-refractivity contribution in [2.45, 2.75) is 13.5 Å². The molecule has 0 saturated heterocycles. The average molecular weight is 152 g/mol. The molecule has 0 radical (unpaired) electrons. The molecule has 0 aliphatic heterocycles. The second-order valence-electron chi connectivity index (χ2n) is 2.58.